The molecule has 0 aromatic rings. The summed E-state index contributed by atoms with van der Waals surface area (Å²) < 4.78 is 0. The smallest absolute Gasteiger partial charge is 0.134 e. The van der Waals surface area contributed by atoms with Crippen LogP contribution in [0.15, 0.2) is 0 Å². The molecule has 2 N–H and O–H groups in total. The summed E-state index contributed by atoms with van der Waals surface area (Å²) >= 11 is 0. The van der Waals surface area contributed by atoms with Gasteiger partial charge in [0.1, 0.15) is 5.78 Å². The number of nitrogens with two attached hydrogens (primary N) is 1. The van der Waals surface area contributed by atoms with Crippen molar-refractivity contribution in [2.45, 2.75) is 25.7 Å². The number of Topliss-reactive ketones (excluding diaryl/α,β-unsaturated/α-hetero) is 1. The van der Waals surface area contributed by atoms with E-state index in [4.69, 9.17) is 5.73 Å². The number of carbonyl (C=O) groups is 1. The zero-order chi connectivity index (χ0) is 8.81. The molecule has 0 atom stereocenters. The molecule has 1 aliphatic rings. The number of rotatable bonds is 3. The maximum absolute atomic E-state index is 11.1. The minimum Gasteiger partial charge on any atom is -0.330 e. The highest BCUT2D eigenvalue weighted by atomic mass is 35.5. The van der Waals surface area contributed by atoms with Gasteiger partial charge in [-0.25, -0.2) is 0 Å². The third kappa shape index (κ3) is 5.24. The van der Waals surface area contributed by atoms with Crippen molar-refractivity contribution >= 4 is 18.2 Å². The molecular weight excluding hydrogens is 188 g/mol. The lowest BCUT2D eigenvalue weighted by atomic mass is 10.2. The van der Waals surface area contributed by atoms with Crippen LogP contribution in [0.2, 0.25) is 0 Å². The number of nitrogens with zero attached hydrogens (tertiary/aromatic N) is 1. The summed E-state index contributed by atoms with van der Waals surface area (Å²) in [5.74, 6) is 0.422. The van der Waals surface area contributed by atoms with Gasteiger partial charge in [0.2, 0.25) is 0 Å². The predicted molar refractivity (Wildman–Crippen MR) is 56.2 cm³/mol. The van der Waals surface area contributed by atoms with Crippen molar-refractivity contribution in [2.24, 2.45) is 5.73 Å². The van der Waals surface area contributed by atoms with Crippen molar-refractivity contribution in [3.8, 4) is 0 Å². The van der Waals surface area contributed by atoms with Crippen LogP contribution in [-0.2, 0) is 4.79 Å². The maximum atomic E-state index is 11.1. The van der Waals surface area contributed by atoms with E-state index in [1.54, 1.807) is 0 Å². The predicted octanol–water partition coefficient (Wildman–Crippen LogP) is 0.812. The molecule has 0 saturated carbocycles. The van der Waals surface area contributed by atoms with Gasteiger partial charge in [-0.05, 0) is 32.5 Å². The van der Waals surface area contributed by atoms with Crippen LogP contribution in [0.5, 0.6) is 0 Å². The van der Waals surface area contributed by atoms with E-state index in [-0.39, 0.29) is 12.4 Å². The van der Waals surface area contributed by atoms with Crippen LogP contribution in [-0.4, -0.2) is 36.9 Å². The van der Waals surface area contributed by atoms with Gasteiger partial charge >= 0.3 is 0 Å². The molecule has 78 valence electrons. The molecule has 0 spiro atoms. The molecule has 4 heteroatoms. The Labute approximate surface area is 86.1 Å². The van der Waals surface area contributed by atoms with Gasteiger partial charge in [0.15, 0.2) is 0 Å². The minimum absolute atomic E-state index is 0. The van der Waals surface area contributed by atoms with Gasteiger partial charge in [-0.1, -0.05) is 0 Å². The van der Waals surface area contributed by atoms with Gasteiger partial charge in [-0.3, -0.25) is 4.79 Å². The van der Waals surface area contributed by atoms with E-state index in [1.165, 1.54) is 0 Å². The number of halogens is 1. The molecule has 1 aliphatic heterocycles. The van der Waals surface area contributed by atoms with E-state index in [0.717, 1.165) is 51.9 Å². The number of hydrogen-bond donors (Lipinski definition) is 1. The van der Waals surface area contributed by atoms with Gasteiger partial charge in [0.05, 0.1) is 0 Å². The fourth-order valence-electron chi connectivity index (χ4n) is 1.56. The normalized spacial score (nSPS) is 19.3. The monoisotopic (exact) mass is 206 g/mol. The SMILES string of the molecule is Cl.NCCCN1CCCC(=O)CC1. The van der Waals surface area contributed by atoms with Crippen LogP contribution in [0.3, 0.4) is 0 Å². The zero-order valence-electron chi connectivity index (χ0n) is 8.00. The zero-order valence-corrected chi connectivity index (χ0v) is 8.81. The van der Waals surface area contributed by atoms with Crippen molar-refractivity contribution in [3.05, 3.63) is 0 Å². The number of ketones is 1. The quantitative estimate of drug-likeness (QED) is 0.744. The van der Waals surface area contributed by atoms with Crippen molar-refractivity contribution in [2.75, 3.05) is 26.2 Å². The van der Waals surface area contributed by atoms with Crippen molar-refractivity contribution in [1.82, 2.24) is 4.90 Å². The Balaban J connectivity index is 0.00000144. The molecule has 0 unspecified atom stereocenters. The van der Waals surface area contributed by atoms with Crippen molar-refractivity contribution < 1.29 is 4.79 Å². The van der Waals surface area contributed by atoms with Crippen LogP contribution in [0.4, 0.5) is 0 Å². The average Bonchev–Trinajstić information content (AvgIpc) is 2.27. The van der Waals surface area contributed by atoms with Gasteiger partial charge in [0.25, 0.3) is 0 Å². The average molecular weight is 207 g/mol. The second-order valence-corrected chi connectivity index (χ2v) is 3.38. The highest BCUT2D eigenvalue weighted by molar-refractivity contribution is 5.85. The Hall–Kier alpha value is -0.120. The summed E-state index contributed by atoms with van der Waals surface area (Å²) in [4.78, 5) is 13.4. The Morgan fingerprint density at radius 2 is 2.08 bits per heavy atom. The van der Waals surface area contributed by atoms with Gasteiger partial charge in [-0.15, -0.1) is 12.4 Å². The molecular formula is C9H19ClN2O. The summed E-state index contributed by atoms with van der Waals surface area (Å²) in [6.45, 7) is 3.83. The van der Waals surface area contributed by atoms with E-state index < -0.39 is 0 Å². The summed E-state index contributed by atoms with van der Waals surface area (Å²) in [6, 6.07) is 0. The molecule has 0 bridgehead atoms. The van der Waals surface area contributed by atoms with Crippen LogP contribution < -0.4 is 5.73 Å². The molecule has 0 aromatic heterocycles. The standard InChI is InChI=1S/C9H18N2O.ClH/c10-5-2-7-11-6-1-3-9(12)4-8-11;/h1-8,10H2;1H. The molecule has 1 rings (SSSR count). The lowest BCUT2D eigenvalue weighted by molar-refractivity contribution is -0.118. The van der Waals surface area contributed by atoms with Gasteiger partial charge < -0.3 is 10.6 Å². The highest BCUT2D eigenvalue weighted by Gasteiger charge is 2.12. The van der Waals surface area contributed by atoms with Crippen LogP contribution in [0.25, 0.3) is 0 Å². The molecule has 0 amide bonds. The minimum atomic E-state index is 0. The van der Waals surface area contributed by atoms with Gasteiger partial charge in [0, 0.05) is 19.4 Å². The number of hydrogen-bond acceptors (Lipinski definition) is 3. The molecule has 0 aromatic carbocycles. The second kappa shape index (κ2) is 7.30. The highest BCUT2D eigenvalue weighted by Crippen LogP contribution is 2.06. The summed E-state index contributed by atoms with van der Waals surface area (Å²) in [5.41, 5.74) is 5.42. The lowest BCUT2D eigenvalue weighted by Crippen LogP contribution is -2.27. The van der Waals surface area contributed by atoms with E-state index in [2.05, 4.69) is 4.90 Å². The molecule has 3 nitrogen and oxygen atoms in total. The lowest BCUT2D eigenvalue weighted by Gasteiger charge is -2.18. The summed E-state index contributed by atoms with van der Waals surface area (Å²) in [7, 11) is 0. The number of carbonyl (C=O) groups excluding carboxylic acids is 1. The Bertz CT molecular complexity index is 153. The van der Waals surface area contributed by atoms with Crippen LogP contribution >= 0.6 is 12.4 Å². The molecule has 1 heterocycles. The van der Waals surface area contributed by atoms with Crippen LogP contribution in [0.1, 0.15) is 25.7 Å². The van der Waals surface area contributed by atoms with Gasteiger partial charge in [-0.2, -0.15) is 0 Å². The van der Waals surface area contributed by atoms with Crippen molar-refractivity contribution in [1.29, 1.82) is 0 Å². The Morgan fingerprint density at radius 3 is 2.77 bits per heavy atom. The van der Waals surface area contributed by atoms with Crippen LogP contribution in [0, 0.1) is 0 Å². The second-order valence-electron chi connectivity index (χ2n) is 3.38. The maximum Gasteiger partial charge on any atom is 0.134 e. The first-order valence-electron chi connectivity index (χ1n) is 4.77. The largest absolute Gasteiger partial charge is 0.330 e. The first-order valence-corrected chi connectivity index (χ1v) is 4.77. The van der Waals surface area contributed by atoms with Crippen molar-refractivity contribution in [3.63, 3.8) is 0 Å². The first-order chi connectivity index (χ1) is 5.83. The number of likely N-dealkylation sites (tertiary alicyclic amines) is 1. The Morgan fingerprint density at radius 1 is 1.31 bits per heavy atom. The third-order valence-electron chi connectivity index (χ3n) is 2.32. The molecule has 13 heavy (non-hydrogen) atoms. The summed E-state index contributed by atoms with van der Waals surface area (Å²) in [5, 5.41) is 0. The Kier molecular flexibility index (Phi) is 7.23. The molecule has 0 radical (unpaired) electrons. The topological polar surface area (TPSA) is 46.3 Å². The molecule has 0 aliphatic carbocycles. The summed E-state index contributed by atoms with van der Waals surface area (Å²) in [6.07, 6.45) is 3.60. The fourth-order valence-corrected chi connectivity index (χ4v) is 1.56. The van der Waals surface area contributed by atoms with E-state index >= 15 is 0 Å². The van der Waals surface area contributed by atoms with E-state index in [9.17, 15) is 4.79 Å². The molecule has 1 fully saturated rings. The van der Waals surface area contributed by atoms with E-state index in [1.807, 2.05) is 0 Å². The third-order valence-corrected chi connectivity index (χ3v) is 2.32. The fraction of sp³-hybridized carbons (Fsp3) is 0.889. The van der Waals surface area contributed by atoms with E-state index in [0.29, 0.717) is 5.78 Å². The first kappa shape index (κ1) is 12.9. The molecule has 1 saturated heterocycles.